The van der Waals surface area contributed by atoms with E-state index in [0.717, 1.165) is 12.8 Å². The molecule has 0 radical (unpaired) electrons. The van der Waals surface area contributed by atoms with Crippen molar-refractivity contribution in [3.05, 3.63) is 29.8 Å². The molecule has 2 atom stereocenters. The quantitative estimate of drug-likeness (QED) is 0.804. The predicted octanol–water partition coefficient (Wildman–Crippen LogP) is 2.46. The van der Waals surface area contributed by atoms with Crippen molar-refractivity contribution in [2.24, 2.45) is 0 Å². The summed E-state index contributed by atoms with van der Waals surface area (Å²) >= 11 is 0. The number of hydrogen-bond acceptors (Lipinski definition) is 3. The van der Waals surface area contributed by atoms with Gasteiger partial charge in [-0.2, -0.15) is 0 Å². The largest absolute Gasteiger partial charge is 0.481 e. The molecule has 0 spiro atoms. The third-order valence-electron chi connectivity index (χ3n) is 2.89. The number of carbonyl (C=O) groups is 2. The molecular formula is C15H21NO4. The molecule has 5 heteroatoms. The summed E-state index contributed by atoms with van der Waals surface area (Å²) < 4.78 is 5.48. The normalized spacial score (nSPS) is 13.3. The van der Waals surface area contributed by atoms with E-state index < -0.39 is 12.1 Å². The topological polar surface area (TPSA) is 75.6 Å². The van der Waals surface area contributed by atoms with Crippen molar-refractivity contribution >= 4 is 11.9 Å². The number of aromatic carboxylic acids is 1. The molecule has 0 saturated carbocycles. The average Bonchev–Trinajstić information content (AvgIpc) is 2.39. The molecule has 5 nitrogen and oxygen atoms in total. The Hall–Kier alpha value is -2.04. The van der Waals surface area contributed by atoms with Gasteiger partial charge in [-0.15, -0.1) is 0 Å². The minimum atomic E-state index is -0.990. The van der Waals surface area contributed by atoms with Gasteiger partial charge < -0.3 is 15.2 Å². The number of carboxylic acid groups (broad SMARTS) is 1. The molecule has 0 heterocycles. The molecule has 0 aliphatic carbocycles. The minimum Gasteiger partial charge on any atom is -0.481 e. The van der Waals surface area contributed by atoms with Crippen LogP contribution in [0, 0.1) is 0 Å². The van der Waals surface area contributed by atoms with Gasteiger partial charge in [0.05, 0.1) is 5.56 Å². The second-order valence-electron chi connectivity index (χ2n) is 4.79. The Kier molecular flexibility index (Phi) is 6.03. The van der Waals surface area contributed by atoms with Crippen molar-refractivity contribution in [3.8, 4) is 5.75 Å². The number of hydrogen-bond donors (Lipinski definition) is 2. The van der Waals surface area contributed by atoms with Gasteiger partial charge in [0.2, 0.25) is 0 Å². The lowest BCUT2D eigenvalue weighted by molar-refractivity contribution is -0.127. The van der Waals surface area contributed by atoms with Gasteiger partial charge in [-0.25, -0.2) is 4.79 Å². The standard InChI is InChI=1S/C15H21NO4/c1-4-5-10(2)16-14(17)11(3)20-13-8-6-12(7-9-13)15(18)19/h6-11H,4-5H2,1-3H3,(H,16,17)(H,18,19). The molecular weight excluding hydrogens is 258 g/mol. The van der Waals surface area contributed by atoms with Crippen LogP contribution in [0.2, 0.25) is 0 Å². The second kappa shape index (κ2) is 7.53. The Labute approximate surface area is 118 Å². The maximum Gasteiger partial charge on any atom is 0.335 e. The van der Waals surface area contributed by atoms with Crippen molar-refractivity contribution < 1.29 is 19.4 Å². The summed E-state index contributed by atoms with van der Waals surface area (Å²) in [5, 5.41) is 11.7. The highest BCUT2D eigenvalue weighted by Gasteiger charge is 2.16. The van der Waals surface area contributed by atoms with Gasteiger partial charge in [-0.3, -0.25) is 4.79 Å². The summed E-state index contributed by atoms with van der Waals surface area (Å²) in [6.45, 7) is 5.68. The fraction of sp³-hybridized carbons (Fsp3) is 0.467. The first-order chi connectivity index (χ1) is 9.43. The molecule has 1 amide bonds. The lowest BCUT2D eigenvalue weighted by Gasteiger charge is -2.18. The highest BCUT2D eigenvalue weighted by Crippen LogP contribution is 2.14. The Morgan fingerprint density at radius 1 is 1.25 bits per heavy atom. The molecule has 0 saturated heterocycles. The van der Waals surface area contributed by atoms with Gasteiger partial charge in [-0.1, -0.05) is 13.3 Å². The van der Waals surface area contributed by atoms with Gasteiger partial charge in [0.1, 0.15) is 5.75 Å². The van der Waals surface area contributed by atoms with Crippen LogP contribution >= 0.6 is 0 Å². The number of carboxylic acids is 1. The van der Waals surface area contributed by atoms with Crippen LogP contribution in [0.5, 0.6) is 5.75 Å². The SMILES string of the molecule is CCCC(C)NC(=O)C(C)Oc1ccc(C(=O)O)cc1. The molecule has 2 N–H and O–H groups in total. The monoisotopic (exact) mass is 279 g/mol. The lowest BCUT2D eigenvalue weighted by Crippen LogP contribution is -2.41. The highest BCUT2D eigenvalue weighted by molar-refractivity contribution is 5.87. The summed E-state index contributed by atoms with van der Waals surface area (Å²) in [4.78, 5) is 22.6. The van der Waals surface area contributed by atoms with E-state index in [1.54, 1.807) is 19.1 Å². The highest BCUT2D eigenvalue weighted by atomic mass is 16.5. The van der Waals surface area contributed by atoms with Gasteiger partial charge in [-0.05, 0) is 44.5 Å². The zero-order valence-corrected chi connectivity index (χ0v) is 12.1. The molecule has 0 aromatic heterocycles. The number of rotatable bonds is 7. The van der Waals surface area contributed by atoms with Crippen molar-refractivity contribution in [2.45, 2.75) is 45.8 Å². The Bertz CT molecular complexity index is 455. The van der Waals surface area contributed by atoms with E-state index in [2.05, 4.69) is 12.2 Å². The van der Waals surface area contributed by atoms with E-state index in [-0.39, 0.29) is 17.5 Å². The van der Waals surface area contributed by atoms with Gasteiger partial charge in [0.15, 0.2) is 6.10 Å². The Morgan fingerprint density at radius 2 is 1.85 bits per heavy atom. The molecule has 1 rings (SSSR count). The van der Waals surface area contributed by atoms with Crippen LogP contribution in [0.25, 0.3) is 0 Å². The van der Waals surface area contributed by atoms with Crippen LogP contribution in [-0.2, 0) is 4.79 Å². The molecule has 2 unspecified atom stereocenters. The fourth-order valence-corrected chi connectivity index (χ4v) is 1.80. The molecule has 0 aliphatic heterocycles. The number of carbonyl (C=O) groups excluding carboxylic acids is 1. The van der Waals surface area contributed by atoms with E-state index in [0.29, 0.717) is 5.75 Å². The Morgan fingerprint density at radius 3 is 2.35 bits per heavy atom. The summed E-state index contributed by atoms with van der Waals surface area (Å²) in [6.07, 6.45) is 1.31. The van der Waals surface area contributed by atoms with E-state index in [1.165, 1.54) is 12.1 Å². The lowest BCUT2D eigenvalue weighted by atomic mass is 10.2. The van der Waals surface area contributed by atoms with E-state index in [4.69, 9.17) is 9.84 Å². The second-order valence-corrected chi connectivity index (χ2v) is 4.79. The summed E-state index contributed by atoms with van der Waals surface area (Å²) in [7, 11) is 0. The molecule has 20 heavy (non-hydrogen) atoms. The number of benzene rings is 1. The molecule has 0 aliphatic rings. The molecule has 0 fully saturated rings. The number of ether oxygens (including phenoxy) is 1. The minimum absolute atomic E-state index is 0.118. The average molecular weight is 279 g/mol. The van der Waals surface area contributed by atoms with E-state index in [9.17, 15) is 9.59 Å². The molecule has 0 bridgehead atoms. The van der Waals surface area contributed by atoms with Gasteiger partial charge >= 0.3 is 5.97 Å². The van der Waals surface area contributed by atoms with Crippen molar-refractivity contribution in [2.75, 3.05) is 0 Å². The Balaban J connectivity index is 2.54. The number of amides is 1. The van der Waals surface area contributed by atoms with Crippen LogP contribution in [0.3, 0.4) is 0 Å². The third kappa shape index (κ3) is 4.91. The van der Waals surface area contributed by atoms with Crippen molar-refractivity contribution in [1.29, 1.82) is 0 Å². The zero-order valence-electron chi connectivity index (χ0n) is 12.1. The van der Waals surface area contributed by atoms with Crippen LogP contribution in [0.4, 0.5) is 0 Å². The first-order valence-electron chi connectivity index (χ1n) is 6.74. The molecule has 1 aromatic rings. The third-order valence-corrected chi connectivity index (χ3v) is 2.89. The fourth-order valence-electron chi connectivity index (χ4n) is 1.80. The maximum absolute atomic E-state index is 11.9. The smallest absolute Gasteiger partial charge is 0.335 e. The first kappa shape index (κ1) is 16.0. The zero-order chi connectivity index (χ0) is 15.1. The van der Waals surface area contributed by atoms with Crippen LogP contribution in [0.15, 0.2) is 24.3 Å². The van der Waals surface area contributed by atoms with Gasteiger partial charge in [0, 0.05) is 6.04 Å². The van der Waals surface area contributed by atoms with E-state index >= 15 is 0 Å². The summed E-state index contributed by atoms with van der Waals surface area (Å²) in [5.74, 6) is -0.690. The molecule has 110 valence electrons. The van der Waals surface area contributed by atoms with Crippen molar-refractivity contribution in [1.82, 2.24) is 5.32 Å². The maximum atomic E-state index is 11.9. The predicted molar refractivity (Wildman–Crippen MR) is 76.0 cm³/mol. The first-order valence-corrected chi connectivity index (χ1v) is 6.74. The number of nitrogens with one attached hydrogen (secondary N) is 1. The van der Waals surface area contributed by atoms with Crippen LogP contribution < -0.4 is 10.1 Å². The van der Waals surface area contributed by atoms with Crippen LogP contribution in [0.1, 0.15) is 44.0 Å². The van der Waals surface area contributed by atoms with Crippen molar-refractivity contribution in [3.63, 3.8) is 0 Å². The summed E-state index contributed by atoms with van der Waals surface area (Å²) in [6, 6.07) is 6.10. The van der Waals surface area contributed by atoms with E-state index in [1.807, 2.05) is 6.92 Å². The van der Waals surface area contributed by atoms with Crippen LogP contribution in [-0.4, -0.2) is 29.1 Å². The van der Waals surface area contributed by atoms with Gasteiger partial charge in [0.25, 0.3) is 5.91 Å². The molecule has 1 aromatic carbocycles. The summed E-state index contributed by atoms with van der Waals surface area (Å²) in [5.41, 5.74) is 0.186.